The molecule has 1 aliphatic rings. The fourth-order valence-corrected chi connectivity index (χ4v) is 5.36. The van der Waals surface area contributed by atoms with E-state index in [1.807, 2.05) is 30.3 Å². The summed E-state index contributed by atoms with van der Waals surface area (Å²) in [6, 6.07) is 16.6. The Morgan fingerprint density at radius 2 is 1.70 bits per heavy atom. The molecule has 1 fully saturated rings. The number of hydrogen-bond acceptors (Lipinski definition) is 4. The average molecular weight is 430 g/mol. The van der Waals surface area contributed by atoms with Gasteiger partial charge in [-0.15, -0.1) is 0 Å². The Balaban J connectivity index is 1.63. The Kier molecular flexibility index (Phi) is 7.64. The van der Waals surface area contributed by atoms with Crippen LogP contribution in [0.2, 0.25) is 0 Å². The molecule has 1 saturated heterocycles. The van der Waals surface area contributed by atoms with Gasteiger partial charge in [-0.2, -0.15) is 4.31 Å². The Bertz CT molecular complexity index is 939. The lowest BCUT2D eigenvalue weighted by Crippen LogP contribution is -2.35. The van der Waals surface area contributed by atoms with Crippen LogP contribution >= 0.6 is 0 Å². The number of anilines is 1. The molecule has 0 aromatic heterocycles. The smallest absolute Gasteiger partial charge is 0.243 e. The topological polar surface area (TPSA) is 78.5 Å². The maximum absolute atomic E-state index is 12.9. The van der Waals surface area contributed by atoms with Gasteiger partial charge in [0, 0.05) is 24.8 Å². The highest BCUT2D eigenvalue weighted by molar-refractivity contribution is 7.89. The number of nitrogens with zero attached hydrogens (tertiary/aromatic N) is 1. The number of carbonyl (C=O) groups is 1. The minimum atomic E-state index is -3.53. The van der Waals surface area contributed by atoms with Crippen LogP contribution in [0.15, 0.2) is 59.5 Å². The van der Waals surface area contributed by atoms with Crippen LogP contribution in [0.5, 0.6) is 0 Å². The Labute approximate surface area is 179 Å². The van der Waals surface area contributed by atoms with Crippen molar-refractivity contribution < 1.29 is 13.2 Å². The third-order valence-corrected chi connectivity index (χ3v) is 7.27. The average Bonchev–Trinajstić information content (AvgIpc) is 2.75. The number of benzene rings is 2. The minimum absolute atomic E-state index is 0.0581. The van der Waals surface area contributed by atoms with Crippen LogP contribution in [-0.2, 0) is 14.8 Å². The van der Waals surface area contributed by atoms with E-state index in [9.17, 15) is 13.2 Å². The highest BCUT2D eigenvalue weighted by Gasteiger charge is 2.26. The van der Waals surface area contributed by atoms with Gasteiger partial charge in [-0.25, -0.2) is 8.42 Å². The van der Waals surface area contributed by atoms with Gasteiger partial charge in [0.2, 0.25) is 15.9 Å². The first kappa shape index (κ1) is 22.5. The summed E-state index contributed by atoms with van der Waals surface area (Å²) >= 11 is 0. The van der Waals surface area contributed by atoms with Crippen LogP contribution in [0.1, 0.15) is 44.7 Å². The zero-order valence-corrected chi connectivity index (χ0v) is 18.5. The Morgan fingerprint density at radius 1 is 1.00 bits per heavy atom. The summed E-state index contributed by atoms with van der Waals surface area (Å²) in [5.41, 5.74) is 1.62. The lowest BCUT2D eigenvalue weighted by molar-refractivity contribution is -0.115. The predicted molar refractivity (Wildman–Crippen MR) is 120 cm³/mol. The van der Waals surface area contributed by atoms with Crippen LogP contribution in [0, 0.1) is 5.92 Å². The molecule has 0 spiro atoms. The SMILES string of the molecule is CC(C)[C@@H](NCC(=O)Nc1cccc(S(=O)(=O)N2CCCCC2)c1)c1ccccc1. The zero-order chi connectivity index (χ0) is 21.6. The maximum Gasteiger partial charge on any atom is 0.243 e. The molecule has 1 aliphatic heterocycles. The molecule has 0 unspecified atom stereocenters. The molecule has 6 nitrogen and oxygen atoms in total. The molecule has 0 saturated carbocycles. The Morgan fingerprint density at radius 3 is 2.37 bits per heavy atom. The molecule has 2 N–H and O–H groups in total. The molecule has 0 radical (unpaired) electrons. The summed E-state index contributed by atoms with van der Waals surface area (Å²) in [5.74, 6) is 0.113. The molecule has 2 aromatic carbocycles. The normalized spacial score (nSPS) is 16.4. The molecule has 30 heavy (non-hydrogen) atoms. The highest BCUT2D eigenvalue weighted by Crippen LogP contribution is 2.23. The quantitative estimate of drug-likeness (QED) is 0.669. The lowest BCUT2D eigenvalue weighted by Gasteiger charge is -2.26. The number of sulfonamides is 1. The molecular weight excluding hydrogens is 398 g/mol. The molecule has 162 valence electrons. The van der Waals surface area contributed by atoms with Crippen molar-refractivity contribution in [3.63, 3.8) is 0 Å². The van der Waals surface area contributed by atoms with Gasteiger partial charge >= 0.3 is 0 Å². The van der Waals surface area contributed by atoms with Crippen molar-refractivity contribution in [1.82, 2.24) is 9.62 Å². The van der Waals surface area contributed by atoms with Crippen LogP contribution in [-0.4, -0.2) is 38.3 Å². The first-order valence-electron chi connectivity index (χ1n) is 10.6. The van der Waals surface area contributed by atoms with E-state index in [-0.39, 0.29) is 23.4 Å². The fourth-order valence-electron chi connectivity index (χ4n) is 3.80. The minimum Gasteiger partial charge on any atom is -0.325 e. The summed E-state index contributed by atoms with van der Waals surface area (Å²) in [4.78, 5) is 12.7. The number of hydrogen-bond donors (Lipinski definition) is 2. The van der Waals surface area contributed by atoms with Crippen LogP contribution in [0.4, 0.5) is 5.69 Å². The van der Waals surface area contributed by atoms with E-state index in [0.717, 1.165) is 24.8 Å². The van der Waals surface area contributed by atoms with E-state index in [2.05, 4.69) is 24.5 Å². The monoisotopic (exact) mass is 429 g/mol. The second-order valence-corrected chi connectivity index (χ2v) is 9.99. The molecule has 0 bridgehead atoms. The standard InChI is InChI=1S/C23H31N3O3S/c1-18(2)23(19-10-5-3-6-11-19)24-17-22(27)25-20-12-9-13-21(16-20)30(28,29)26-14-7-4-8-15-26/h3,5-6,9-13,16,18,23-24H,4,7-8,14-15,17H2,1-2H3,(H,25,27)/t23-/m1/s1. The maximum atomic E-state index is 12.9. The molecular formula is C23H31N3O3S. The zero-order valence-electron chi connectivity index (χ0n) is 17.7. The van der Waals surface area contributed by atoms with Gasteiger partial charge in [0.25, 0.3) is 0 Å². The van der Waals surface area contributed by atoms with Gasteiger partial charge in [0.15, 0.2) is 0 Å². The van der Waals surface area contributed by atoms with Gasteiger partial charge in [-0.1, -0.05) is 56.7 Å². The first-order valence-corrected chi connectivity index (χ1v) is 12.0. The fraction of sp³-hybridized carbons (Fsp3) is 0.435. The van der Waals surface area contributed by atoms with Gasteiger partial charge < -0.3 is 10.6 Å². The van der Waals surface area contributed by atoms with Gasteiger partial charge in [0.1, 0.15) is 0 Å². The summed E-state index contributed by atoms with van der Waals surface area (Å²) in [6.45, 7) is 5.47. The van der Waals surface area contributed by atoms with Crippen molar-refractivity contribution in [3.8, 4) is 0 Å². The van der Waals surface area contributed by atoms with Gasteiger partial charge in [-0.3, -0.25) is 4.79 Å². The molecule has 2 aromatic rings. The second kappa shape index (κ2) is 10.2. The van der Waals surface area contributed by atoms with E-state index in [4.69, 9.17) is 0 Å². The summed E-state index contributed by atoms with van der Waals surface area (Å²) in [5, 5.41) is 6.13. The summed E-state index contributed by atoms with van der Waals surface area (Å²) in [6.07, 6.45) is 2.84. The highest BCUT2D eigenvalue weighted by atomic mass is 32.2. The van der Waals surface area contributed by atoms with Crippen LogP contribution in [0.25, 0.3) is 0 Å². The summed E-state index contributed by atoms with van der Waals surface area (Å²) < 4.78 is 27.3. The van der Waals surface area contributed by atoms with E-state index in [1.54, 1.807) is 24.3 Å². The van der Waals surface area contributed by atoms with Crippen LogP contribution in [0.3, 0.4) is 0 Å². The van der Waals surface area contributed by atoms with E-state index < -0.39 is 10.0 Å². The van der Waals surface area contributed by atoms with Gasteiger partial charge in [-0.05, 0) is 42.5 Å². The molecule has 7 heteroatoms. The Hall–Kier alpha value is -2.22. The lowest BCUT2D eigenvalue weighted by atomic mass is 9.96. The van der Waals surface area contributed by atoms with E-state index in [1.165, 1.54) is 4.31 Å². The van der Waals surface area contributed by atoms with Crippen molar-refractivity contribution in [1.29, 1.82) is 0 Å². The summed E-state index contributed by atoms with van der Waals surface area (Å²) in [7, 11) is -3.53. The van der Waals surface area contributed by atoms with Crippen LogP contribution < -0.4 is 10.6 Å². The third-order valence-electron chi connectivity index (χ3n) is 5.38. The number of nitrogens with one attached hydrogen (secondary N) is 2. The number of amides is 1. The van der Waals surface area contributed by atoms with E-state index in [0.29, 0.717) is 24.7 Å². The molecule has 1 heterocycles. The van der Waals surface area contributed by atoms with Gasteiger partial charge in [0.05, 0.1) is 11.4 Å². The van der Waals surface area contributed by atoms with Crippen molar-refractivity contribution in [2.75, 3.05) is 25.0 Å². The third kappa shape index (κ3) is 5.68. The second-order valence-electron chi connectivity index (χ2n) is 8.05. The van der Waals surface area contributed by atoms with E-state index >= 15 is 0 Å². The number of rotatable bonds is 8. The largest absolute Gasteiger partial charge is 0.325 e. The van der Waals surface area contributed by atoms with Crippen molar-refractivity contribution in [2.24, 2.45) is 5.92 Å². The van der Waals surface area contributed by atoms with Crippen molar-refractivity contribution in [2.45, 2.75) is 44.0 Å². The predicted octanol–water partition coefficient (Wildman–Crippen LogP) is 3.79. The number of carbonyl (C=O) groups excluding carboxylic acids is 1. The molecule has 1 atom stereocenters. The number of piperidine rings is 1. The van der Waals surface area contributed by atoms with Crippen molar-refractivity contribution >= 4 is 21.6 Å². The molecule has 3 rings (SSSR count). The first-order chi connectivity index (χ1) is 14.4. The molecule has 0 aliphatic carbocycles. The molecule has 1 amide bonds. The van der Waals surface area contributed by atoms with Crippen molar-refractivity contribution in [3.05, 3.63) is 60.2 Å².